The minimum Gasteiger partial charge on any atom is -0.465 e. The molecule has 2 aromatic carbocycles. The van der Waals surface area contributed by atoms with Gasteiger partial charge in [0.05, 0.1) is 29.1 Å². The maximum atomic E-state index is 13.6. The minimum atomic E-state index is -0.491. The summed E-state index contributed by atoms with van der Waals surface area (Å²) in [5, 5.41) is 7.72. The number of amides is 1. The molecule has 0 radical (unpaired) electrons. The number of carbonyl (C=O) groups is 2. The van der Waals surface area contributed by atoms with Gasteiger partial charge >= 0.3 is 5.97 Å². The van der Waals surface area contributed by atoms with Gasteiger partial charge in [0.15, 0.2) is 0 Å². The number of fused-ring (bicyclic) bond motifs is 1. The molecule has 0 fully saturated rings. The highest BCUT2D eigenvalue weighted by Gasteiger charge is 2.21. The Morgan fingerprint density at radius 3 is 2.60 bits per heavy atom. The molecule has 1 amide bonds. The van der Waals surface area contributed by atoms with Crippen molar-refractivity contribution in [1.82, 2.24) is 4.98 Å². The maximum Gasteiger partial charge on any atom is 0.337 e. The van der Waals surface area contributed by atoms with E-state index in [4.69, 9.17) is 0 Å². The summed E-state index contributed by atoms with van der Waals surface area (Å²) >= 11 is 2.64. The van der Waals surface area contributed by atoms with Crippen LogP contribution in [0.4, 0.5) is 9.52 Å². The van der Waals surface area contributed by atoms with E-state index < -0.39 is 11.9 Å². The van der Waals surface area contributed by atoms with Crippen molar-refractivity contribution in [3.8, 4) is 0 Å². The SMILES string of the molecule is COC(=O)c1ccc(C(=O)N(/N=C/c2cccs2)c2nc3ccc(F)cc3s2)cc1. The van der Waals surface area contributed by atoms with Crippen molar-refractivity contribution >= 4 is 56.1 Å². The van der Waals surface area contributed by atoms with Crippen LogP contribution in [-0.2, 0) is 4.74 Å². The van der Waals surface area contributed by atoms with Crippen LogP contribution in [0.25, 0.3) is 10.2 Å². The number of anilines is 1. The zero-order valence-corrected chi connectivity index (χ0v) is 17.2. The maximum absolute atomic E-state index is 13.6. The Balaban J connectivity index is 1.72. The molecular weight excluding hydrogens is 425 g/mol. The first-order chi connectivity index (χ1) is 14.5. The van der Waals surface area contributed by atoms with Crippen molar-refractivity contribution in [3.63, 3.8) is 0 Å². The number of halogens is 1. The highest BCUT2D eigenvalue weighted by molar-refractivity contribution is 7.22. The number of hydrogen-bond donors (Lipinski definition) is 0. The minimum absolute atomic E-state index is 0.311. The lowest BCUT2D eigenvalue weighted by molar-refractivity contribution is 0.0600. The van der Waals surface area contributed by atoms with Gasteiger partial charge in [-0.05, 0) is 53.9 Å². The third-order valence-electron chi connectivity index (χ3n) is 4.11. The Morgan fingerprint density at radius 2 is 1.90 bits per heavy atom. The van der Waals surface area contributed by atoms with Crippen molar-refractivity contribution in [2.45, 2.75) is 0 Å². The second-order valence-corrected chi connectivity index (χ2v) is 8.04. The lowest BCUT2D eigenvalue weighted by Crippen LogP contribution is -2.25. The molecule has 0 saturated heterocycles. The molecule has 30 heavy (non-hydrogen) atoms. The highest BCUT2D eigenvalue weighted by atomic mass is 32.1. The summed E-state index contributed by atoms with van der Waals surface area (Å²) in [7, 11) is 1.29. The fourth-order valence-corrected chi connectivity index (χ4v) is 4.16. The van der Waals surface area contributed by atoms with Crippen LogP contribution < -0.4 is 5.01 Å². The van der Waals surface area contributed by atoms with E-state index in [9.17, 15) is 14.0 Å². The number of aromatic nitrogens is 1. The number of benzene rings is 2. The average Bonchev–Trinajstić information content (AvgIpc) is 3.43. The Hall–Kier alpha value is -3.43. The number of thiazole rings is 1. The van der Waals surface area contributed by atoms with E-state index >= 15 is 0 Å². The van der Waals surface area contributed by atoms with Crippen LogP contribution in [0.5, 0.6) is 0 Å². The fourth-order valence-electron chi connectivity index (χ4n) is 2.63. The number of hydrogen-bond acceptors (Lipinski definition) is 7. The normalized spacial score (nSPS) is 11.1. The fraction of sp³-hybridized carbons (Fsp3) is 0.0476. The molecule has 4 rings (SSSR count). The number of ether oxygens (including phenoxy) is 1. The number of carbonyl (C=O) groups excluding carboxylic acids is 2. The van der Waals surface area contributed by atoms with Gasteiger partial charge in [-0.3, -0.25) is 4.79 Å². The average molecular weight is 439 g/mol. The monoisotopic (exact) mass is 439 g/mol. The quantitative estimate of drug-likeness (QED) is 0.250. The Bertz CT molecular complexity index is 1230. The Morgan fingerprint density at radius 1 is 1.13 bits per heavy atom. The second kappa shape index (κ2) is 8.52. The summed E-state index contributed by atoms with van der Waals surface area (Å²) in [6.07, 6.45) is 1.57. The van der Waals surface area contributed by atoms with Gasteiger partial charge in [-0.15, -0.1) is 11.3 Å². The lowest BCUT2D eigenvalue weighted by Gasteiger charge is -2.13. The molecule has 0 bridgehead atoms. The molecule has 0 N–H and O–H groups in total. The smallest absolute Gasteiger partial charge is 0.337 e. The zero-order chi connectivity index (χ0) is 21.1. The summed E-state index contributed by atoms with van der Waals surface area (Å²) in [5.41, 5.74) is 1.22. The third kappa shape index (κ3) is 4.12. The predicted octanol–water partition coefficient (Wildman–Crippen LogP) is 4.96. The topological polar surface area (TPSA) is 71.9 Å². The van der Waals surface area contributed by atoms with Gasteiger partial charge in [0.25, 0.3) is 5.91 Å². The predicted molar refractivity (Wildman–Crippen MR) is 116 cm³/mol. The van der Waals surface area contributed by atoms with Crippen LogP contribution in [-0.4, -0.2) is 30.2 Å². The lowest BCUT2D eigenvalue weighted by atomic mass is 10.1. The molecule has 4 aromatic rings. The number of esters is 1. The Labute approximate surface area is 178 Å². The first-order valence-corrected chi connectivity index (χ1v) is 10.4. The van der Waals surface area contributed by atoms with E-state index in [-0.39, 0.29) is 5.82 Å². The third-order valence-corrected chi connectivity index (χ3v) is 5.91. The van der Waals surface area contributed by atoms with Gasteiger partial charge in [-0.2, -0.15) is 10.1 Å². The van der Waals surface area contributed by atoms with Crippen molar-refractivity contribution in [2.24, 2.45) is 5.10 Å². The van der Waals surface area contributed by atoms with E-state index in [1.165, 1.54) is 59.9 Å². The standard InChI is InChI=1S/C21H14FN3O3S2/c1-28-20(27)14-6-4-13(5-7-14)19(26)25(23-12-16-3-2-10-29-16)21-24-17-9-8-15(22)11-18(17)30-21/h2-12H,1H3/b23-12+. The van der Waals surface area contributed by atoms with Gasteiger partial charge in [-0.25, -0.2) is 14.2 Å². The van der Waals surface area contributed by atoms with Crippen LogP contribution in [0, 0.1) is 5.82 Å². The summed E-state index contributed by atoms with van der Waals surface area (Å²) in [5.74, 6) is -1.30. The molecule has 0 saturated carbocycles. The molecule has 2 aromatic heterocycles. The van der Waals surface area contributed by atoms with Gasteiger partial charge in [0, 0.05) is 10.4 Å². The van der Waals surface area contributed by atoms with Gasteiger partial charge < -0.3 is 4.74 Å². The molecular formula is C21H14FN3O3S2. The van der Waals surface area contributed by atoms with Gasteiger partial charge in [-0.1, -0.05) is 17.4 Å². The van der Waals surface area contributed by atoms with Crippen LogP contribution >= 0.6 is 22.7 Å². The molecule has 0 unspecified atom stereocenters. The van der Waals surface area contributed by atoms with Crippen molar-refractivity contribution in [1.29, 1.82) is 0 Å². The molecule has 0 aliphatic rings. The summed E-state index contributed by atoms with van der Waals surface area (Å²) in [4.78, 5) is 30.1. The van der Waals surface area contributed by atoms with Gasteiger partial charge in [0.2, 0.25) is 5.13 Å². The first kappa shape index (κ1) is 19.9. The number of thiophene rings is 1. The molecule has 9 heteroatoms. The summed E-state index contributed by atoms with van der Waals surface area (Å²) < 4.78 is 18.9. The zero-order valence-electron chi connectivity index (χ0n) is 15.6. The molecule has 2 heterocycles. The first-order valence-electron chi connectivity index (χ1n) is 8.71. The number of nitrogens with zero attached hydrogens (tertiary/aromatic N) is 3. The summed E-state index contributed by atoms with van der Waals surface area (Å²) in [6, 6.07) is 14.1. The van der Waals surface area contributed by atoms with Crippen LogP contribution in [0.15, 0.2) is 65.1 Å². The van der Waals surface area contributed by atoms with E-state index in [1.807, 2.05) is 17.5 Å². The van der Waals surface area contributed by atoms with E-state index in [0.717, 1.165) is 16.2 Å². The molecule has 150 valence electrons. The van der Waals surface area contributed by atoms with Crippen molar-refractivity contribution < 1.29 is 18.7 Å². The molecule has 0 aliphatic carbocycles. The number of hydrazone groups is 1. The largest absolute Gasteiger partial charge is 0.465 e. The molecule has 0 atom stereocenters. The number of methoxy groups -OCH3 is 1. The number of rotatable bonds is 5. The summed E-state index contributed by atoms with van der Waals surface area (Å²) in [6.45, 7) is 0. The van der Waals surface area contributed by atoms with Crippen molar-refractivity contribution in [3.05, 3.63) is 81.8 Å². The molecule has 0 aliphatic heterocycles. The second-order valence-electron chi connectivity index (χ2n) is 6.05. The van der Waals surface area contributed by atoms with Crippen LogP contribution in [0.1, 0.15) is 25.6 Å². The Kier molecular flexibility index (Phi) is 5.64. The van der Waals surface area contributed by atoms with E-state index in [1.54, 1.807) is 12.3 Å². The van der Waals surface area contributed by atoms with Crippen LogP contribution in [0.2, 0.25) is 0 Å². The van der Waals surface area contributed by atoms with E-state index in [0.29, 0.717) is 26.5 Å². The van der Waals surface area contributed by atoms with Crippen molar-refractivity contribution in [2.75, 3.05) is 12.1 Å². The highest BCUT2D eigenvalue weighted by Crippen LogP contribution is 2.30. The van der Waals surface area contributed by atoms with E-state index in [2.05, 4.69) is 14.8 Å². The molecule has 0 spiro atoms. The van der Waals surface area contributed by atoms with Crippen LogP contribution in [0.3, 0.4) is 0 Å². The molecule has 6 nitrogen and oxygen atoms in total. The van der Waals surface area contributed by atoms with Gasteiger partial charge in [0.1, 0.15) is 5.82 Å².